The van der Waals surface area contributed by atoms with E-state index in [2.05, 4.69) is 9.68 Å². The number of aryl methyl sites for hydroxylation is 1. The van der Waals surface area contributed by atoms with E-state index in [1.165, 1.54) is 11.5 Å². The summed E-state index contributed by atoms with van der Waals surface area (Å²) in [5.41, 5.74) is 4.34. The monoisotopic (exact) mass is 255 g/mol. The third kappa shape index (κ3) is 3.56. The third-order valence-electron chi connectivity index (χ3n) is 2.64. The Morgan fingerprint density at radius 3 is 2.78 bits per heavy atom. The van der Waals surface area contributed by atoms with Crippen LogP contribution in [-0.4, -0.2) is 26.3 Å². The second-order valence-electron chi connectivity index (χ2n) is 4.34. The summed E-state index contributed by atoms with van der Waals surface area (Å²) >= 11 is 0. The minimum absolute atomic E-state index is 0.330. The van der Waals surface area contributed by atoms with Crippen molar-refractivity contribution in [1.29, 1.82) is 0 Å². The summed E-state index contributed by atoms with van der Waals surface area (Å²) in [5.74, 6) is -1.04. The number of aliphatic carboxylic acids is 1. The second kappa shape index (κ2) is 5.63. The molecule has 0 amide bonds. The standard InChI is InChI=1S/C11H17N3O4/c1-8-13-18-10(17)14(8)7-5-3-4-6-11(2,12)9(15)16/h3,5H,4,6-7,12H2,1-2H3,(H,15,16)/b5-3+. The van der Waals surface area contributed by atoms with Gasteiger partial charge in [0.1, 0.15) is 5.54 Å². The van der Waals surface area contributed by atoms with Crippen LogP contribution in [0.4, 0.5) is 0 Å². The zero-order valence-corrected chi connectivity index (χ0v) is 10.4. The Hall–Kier alpha value is -1.89. The normalized spacial score (nSPS) is 14.8. The lowest BCUT2D eigenvalue weighted by atomic mass is 9.97. The van der Waals surface area contributed by atoms with E-state index in [4.69, 9.17) is 10.8 Å². The molecule has 100 valence electrons. The summed E-state index contributed by atoms with van der Waals surface area (Å²) in [5, 5.41) is 12.3. The van der Waals surface area contributed by atoms with E-state index < -0.39 is 17.3 Å². The minimum atomic E-state index is -1.23. The van der Waals surface area contributed by atoms with E-state index in [0.29, 0.717) is 25.2 Å². The van der Waals surface area contributed by atoms with Gasteiger partial charge < -0.3 is 10.8 Å². The smallest absolute Gasteiger partial charge is 0.441 e. The highest BCUT2D eigenvalue weighted by Gasteiger charge is 2.26. The van der Waals surface area contributed by atoms with Gasteiger partial charge in [-0.1, -0.05) is 17.3 Å². The Balaban J connectivity index is 2.44. The van der Waals surface area contributed by atoms with Crippen LogP contribution in [0.25, 0.3) is 0 Å². The van der Waals surface area contributed by atoms with Gasteiger partial charge in [0.25, 0.3) is 0 Å². The van der Waals surface area contributed by atoms with Crippen molar-refractivity contribution in [2.75, 3.05) is 0 Å². The van der Waals surface area contributed by atoms with E-state index in [9.17, 15) is 9.59 Å². The molecule has 1 aromatic rings. The van der Waals surface area contributed by atoms with Gasteiger partial charge in [0.15, 0.2) is 5.82 Å². The number of aromatic nitrogens is 2. The first-order valence-corrected chi connectivity index (χ1v) is 5.55. The molecule has 0 aliphatic rings. The predicted octanol–water partition coefficient (Wildman–Crippen LogP) is 0.283. The minimum Gasteiger partial charge on any atom is -0.480 e. The third-order valence-corrected chi connectivity index (χ3v) is 2.64. The van der Waals surface area contributed by atoms with Crippen LogP contribution in [0.2, 0.25) is 0 Å². The highest BCUT2D eigenvalue weighted by molar-refractivity contribution is 5.77. The summed E-state index contributed by atoms with van der Waals surface area (Å²) in [7, 11) is 0. The van der Waals surface area contributed by atoms with Gasteiger partial charge in [0.2, 0.25) is 0 Å². The molecule has 18 heavy (non-hydrogen) atoms. The Bertz CT molecular complexity index is 499. The number of carboxylic acid groups (broad SMARTS) is 1. The molecule has 1 atom stereocenters. The van der Waals surface area contributed by atoms with Crippen LogP contribution in [0, 0.1) is 6.92 Å². The van der Waals surface area contributed by atoms with Crippen molar-refractivity contribution >= 4 is 5.97 Å². The van der Waals surface area contributed by atoms with Crippen molar-refractivity contribution in [3.8, 4) is 0 Å². The number of nitrogens with zero attached hydrogens (tertiary/aromatic N) is 2. The second-order valence-corrected chi connectivity index (χ2v) is 4.34. The van der Waals surface area contributed by atoms with Gasteiger partial charge in [-0.05, 0) is 26.7 Å². The first-order valence-electron chi connectivity index (χ1n) is 5.55. The van der Waals surface area contributed by atoms with Crippen LogP contribution in [-0.2, 0) is 11.3 Å². The van der Waals surface area contributed by atoms with E-state index in [1.54, 1.807) is 19.1 Å². The number of hydrogen-bond acceptors (Lipinski definition) is 5. The highest BCUT2D eigenvalue weighted by Crippen LogP contribution is 2.09. The van der Waals surface area contributed by atoms with Gasteiger partial charge in [-0.25, -0.2) is 4.79 Å². The van der Waals surface area contributed by atoms with Crippen LogP contribution < -0.4 is 11.5 Å². The number of nitrogens with two attached hydrogens (primary N) is 1. The molecule has 1 heterocycles. The maximum atomic E-state index is 11.2. The summed E-state index contributed by atoms with van der Waals surface area (Å²) in [4.78, 5) is 21.9. The van der Waals surface area contributed by atoms with Crippen LogP contribution >= 0.6 is 0 Å². The number of allylic oxidation sites excluding steroid dienone is 2. The Labute approximate surface area is 104 Å². The molecular formula is C11H17N3O4. The Morgan fingerprint density at radius 2 is 2.28 bits per heavy atom. The number of carboxylic acids is 1. The molecule has 0 spiro atoms. The van der Waals surface area contributed by atoms with Gasteiger partial charge in [-0.3, -0.25) is 13.9 Å². The lowest BCUT2D eigenvalue weighted by Crippen LogP contribution is -2.44. The molecule has 0 aromatic carbocycles. The van der Waals surface area contributed by atoms with Crippen LogP contribution in [0.1, 0.15) is 25.6 Å². The van der Waals surface area contributed by atoms with Crippen molar-refractivity contribution in [1.82, 2.24) is 9.72 Å². The quantitative estimate of drug-likeness (QED) is 0.706. The van der Waals surface area contributed by atoms with Crippen LogP contribution in [0.3, 0.4) is 0 Å². The number of hydrogen-bond donors (Lipinski definition) is 2. The number of rotatable bonds is 6. The molecule has 7 nitrogen and oxygen atoms in total. The van der Waals surface area contributed by atoms with E-state index in [0.717, 1.165) is 0 Å². The molecule has 0 bridgehead atoms. The molecule has 0 saturated carbocycles. The molecule has 0 aliphatic carbocycles. The fourth-order valence-corrected chi connectivity index (χ4v) is 1.33. The van der Waals surface area contributed by atoms with Gasteiger partial charge in [-0.2, -0.15) is 0 Å². The lowest BCUT2D eigenvalue weighted by molar-refractivity contribution is -0.142. The van der Waals surface area contributed by atoms with Gasteiger partial charge in [0.05, 0.1) is 0 Å². The summed E-state index contributed by atoms with van der Waals surface area (Å²) in [6.45, 7) is 3.49. The molecule has 0 aliphatic heterocycles. The fraction of sp³-hybridized carbons (Fsp3) is 0.545. The zero-order chi connectivity index (χ0) is 13.8. The van der Waals surface area contributed by atoms with E-state index in [1.807, 2.05) is 0 Å². The molecular weight excluding hydrogens is 238 g/mol. The van der Waals surface area contributed by atoms with Gasteiger partial charge in [-0.15, -0.1) is 0 Å². The average Bonchev–Trinajstić information content (AvgIpc) is 2.59. The lowest BCUT2D eigenvalue weighted by Gasteiger charge is -2.17. The van der Waals surface area contributed by atoms with Crippen molar-refractivity contribution in [2.45, 2.75) is 38.8 Å². The molecule has 1 rings (SSSR count). The van der Waals surface area contributed by atoms with Crippen molar-refractivity contribution < 1.29 is 14.4 Å². The van der Waals surface area contributed by atoms with Crippen molar-refractivity contribution in [3.63, 3.8) is 0 Å². The molecule has 7 heteroatoms. The summed E-state index contributed by atoms with van der Waals surface area (Å²) in [6, 6.07) is 0. The molecule has 0 fully saturated rings. The molecule has 0 radical (unpaired) electrons. The highest BCUT2D eigenvalue weighted by atomic mass is 16.5. The van der Waals surface area contributed by atoms with Gasteiger partial charge >= 0.3 is 11.7 Å². The molecule has 0 saturated heterocycles. The van der Waals surface area contributed by atoms with Crippen molar-refractivity contribution in [2.24, 2.45) is 5.73 Å². The average molecular weight is 255 g/mol. The first kappa shape index (κ1) is 14.2. The Kier molecular flexibility index (Phi) is 4.43. The fourth-order valence-electron chi connectivity index (χ4n) is 1.33. The topological polar surface area (TPSA) is 111 Å². The molecule has 1 aromatic heterocycles. The maximum Gasteiger partial charge on any atom is 0.441 e. The zero-order valence-electron chi connectivity index (χ0n) is 10.4. The molecule has 1 unspecified atom stereocenters. The molecule has 3 N–H and O–H groups in total. The van der Waals surface area contributed by atoms with Crippen LogP contribution in [0.15, 0.2) is 21.5 Å². The van der Waals surface area contributed by atoms with Crippen molar-refractivity contribution in [3.05, 3.63) is 28.5 Å². The van der Waals surface area contributed by atoms with E-state index >= 15 is 0 Å². The summed E-state index contributed by atoms with van der Waals surface area (Å²) < 4.78 is 5.83. The van der Waals surface area contributed by atoms with Crippen LogP contribution in [0.5, 0.6) is 0 Å². The summed E-state index contributed by atoms with van der Waals surface area (Å²) in [6.07, 6.45) is 4.39. The Morgan fingerprint density at radius 1 is 1.61 bits per heavy atom. The van der Waals surface area contributed by atoms with Gasteiger partial charge in [0, 0.05) is 6.54 Å². The van der Waals surface area contributed by atoms with E-state index in [-0.39, 0.29) is 0 Å². The largest absolute Gasteiger partial charge is 0.480 e. The SMILES string of the molecule is Cc1noc(=O)n1C/C=C/CCC(C)(N)C(=O)O. The first-order chi connectivity index (χ1) is 8.34. The number of carbonyl (C=O) groups is 1. The predicted molar refractivity (Wildman–Crippen MR) is 64.1 cm³/mol. The maximum absolute atomic E-state index is 11.2.